The number of benzene rings is 1. The minimum absolute atomic E-state index is 0.758. The van der Waals surface area contributed by atoms with Gasteiger partial charge in [-0.1, -0.05) is 18.2 Å². The van der Waals surface area contributed by atoms with Crippen molar-refractivity contribution in [2.75, 3.05) is 0 Å². The van der Waals surface area contributed by atoms with Gasteiger partial charge in [0.15, 0.2) is 0 Å². The summed E-state index contributed by atoms with van der Waals surface area (Å²) < 4.78 is 0. The van der Waals surface area contributed by atoms with Gasteiger partial charge >= 0.3 is 0 Å². The van der Waals surface area contributed by atoms with E-state index in [2.05, 4.69) is 47.6 Å². The van der Waals surface area contributed by atoms with Crippen LogP contribution in [-0.2, 0) is 6.54 Å². The minimum atomic E-state index is 0.758. The zero-order valence-corrected chi connectivity index (χ0v) is 10.7. The molecular weight excluding hydrogens is 220 g/mol. The van der Waals surface area contributed by atoms with Crippen molar-refractivity contribution >= 4 is 0 Å². The fraction of sp³-hybridized carbons (Fsp3) is 0.312. The largest absolute Gasteiger partial charge is 0.310 e. The molecule has 1 heterocycles. The van der Waals surface area contributed by atoms with Gasteiger partial charge in [0.05, 0.1) is 0 Å². The molecule has 92 valence electrons. The maximum Gasteiger partial charge on any atom is 0.0349 e. The van der Waals surface area contributed by atoms with E-state index < -0.39 is 0 Å². The molecule has 0 unspecified atom stereocenters. The standard InChI is InChI=1S/C16H18N2/c1-12-7-8-17-11-16(12)14-4-2-3-13(9-14)10-18-15-5-6-15/h2-4,7-9,11,15,18H,5-6,10H2,1H3. The number of aryl methyl sites for hydroxylation is 1. The van der Waals surface area contributed by atoms with Crippen LogP contribution in [0.15, 0.2) is 42.7 Å². The predicted octanol–water partition coefficient (Wildman–Crippen LogP) is 3.31. The van der Waals surface area contributed by atoms with Crippen LogP contribution >= 0.6 is 0 Å². The Kier molecular flexibility index (Phi) is 3.11. The molecule has 2 nitrogen and oxygen atoms in total. The number of nitrogens with one attached hydrogen (secondary N) is 1. The molecule has 3 rings (SSSR count). The molecule has 0 aliphatic heterocycles. The van der Waals surface area contributed by atoms with Crippen molar-refractivity contribution in [1.82, 2.24) is 10.3 Å². The first kappa shape index (κ1) is 11.4. The molecule has 1 aliphatic carbocycles. The number of pyridine rings is 1. The van der Waals surface area contributed by atoms with Crippen LogP contribution in [0.5, 0.6) is 0 Å². The molecule has 0 spiro atoms. The van der Waals surface area contributed by atoms with Gasteiger partial charge in [0, 0.05) is 30.5 Å². The van der Waals surface area contributed by atoms with Crippen molar-refractivity contribution in [2.24, 2.45) is 0 Å². The van der Waals surface area contributed by atoms with Crippen molar-refractivity contribution in [3.63, 3.8) is 0 Å². The van der Waals surface area contributed by atoms with Crippen molar-refractivity contribution in [1.29, 1.82) is 0 Å². The summed E-state index contributed by atoms with van der Waals surface area (Å²) in [7, 11) is 0. The lowest BCUT2D eigenvalue weighted by Gasteiger charge is -2.08. The summed E-state index contributed by atoms with van der Waals surface area (Å²) in [4.78, 5) is 4.22. The molecule has 0 radical (unpaired) electrons. The summed E-state index contributed by atoms with van der Waals surface area (Å²) in [5, 5.41) is 3.55. The smallest absolute Gasteiger partial charge is 0.0349 e. The quantitative estimate of drug-likeness (QED) is 0.884. The number of hydrogen-bond donors (Lipinski definition) is 1. The van der Waals surface area contributed by atoms with E-state index in [9.17, 15) is 0 Å². The molecule has 1 aromatic heterocycles. The number of aromatic nitrogens is 1. The van der Waals surface area contributed by atoms with Crippen molar-refractivity contribution in [3.05, 3.63) is 53.9 Å². The first-order valence-electron chi connectivity index (χ1n) is 6.56. The molecule has 1 N–H and O–H groups in total. The molecule has 0 saturated heterocycles. The van der Waals surface area contributed by atoms with E-state index in [-0.39, 0.29) is 0 Å². The van der Waals surface area contributed by atoms with Gasteiger partial charge in [0.1, 0.15) is 0 Å². The van der Waals surface area contributed by atoms with Crippen LogP contribution in [0.1, 0.15) is 24.0 Å². The molecule has 2 aromatic rings. The van der Waals surface area contributed by atoms with E-state index in [1.54, 1.807) is 0 Å². The third-order valence-corrected chi connectivity index (χ3v) is 3.45. The molecule has 0 atom stereocenters. The fourth-order valence-electron chi connectivity index (χ4n) is 2.16. The van der Waals surface area contributed by atoms with Crippen LogP contribution in [0.2, 0.25) is 0 Å². The zero-order valence-electron chi connectivity index (χ0n) is 10.7. The van der Waals surface area contributed by atoms with E-state index in [4.69, 9.17) is 0 Å². The number of hydrogen-bond acceptors (Lipinski definition) is 2. The van der Waals surface area contributed by atoms with Crippen molar-refractivity contribution in [3.8, 4) is 11.1 Å². The van der Waals surface area contributed by atoms with Gasteiger partial charge in [0.25, 0.3) is 0 Å². The predicted molar refractivity (Wildman–Crippen MR) is 74.3 cm³/mol. The molecule has 1 aromatic carbocycles. The first-order valence-corrected chi connectivity index (χ1v) is 6.56. The second-order valence-corrected chi connectivity index (χ2v) is 5.05. The fourth-order valence-corrected chi connectivity index (χ4v) is 2.16. The van der Waals surface area contributed by atoms with E-state index in [1.807, 2.05) is 12.4 Å². The Morgan fingerprint density at radius 3 is 2.94 bits per heavy atom. The summed E-state index contributed by atoms with van der Waals surface area (Å²) in [6.07, 6.45) is 6.46. The van der Waals surface area contributed by atoms with Gasteiger partial charge in [-0.25, -0.2) is 0 Å². The first-order chi connectivity index (χ1) is 8.83. The monoisotopic (exact) mass is 238 g/mol. The highest BCUT2D eigenvalue weighted by atomic mass is 14.9. The van der Waals surface area contributed by atoms with E-state index in [0.717, 1.165) is 12.6 Å². The normalized spacial score (nSPS) is 14.7. The van der Waals surface area contributed by atoms with Gasteiger partial charge in [-0.15, -0.1) is 0 Å². The average Bonchev–Trinajstić information content (AvgIpc) is 3.21. The SMILES string of the molecule is Cc1ccncc1-c1cccc(CNC2CC2)c1. The molecule has 0 bridgehead atoms. The third-order valence-electron chi connectivity index (χ3n) is 3.45. The maximum atomic E-state index is 4.22. The second kappa shape index (κ2) is 4.91. The average molecular weight is 238 g/mol. The summed E-state index contributed by atoms with van der Waals surface area (Å²) >= 11 is 0. The van der Waals surface area contributed by atoms with Gasteiger partial charge in [0.2, 0.25) is 0 Å². The summed E-state index contributed by atoms with van der Waals surface area (Å²) in [6, 6.07) is 11.6. The lowest BCUT2D eigenvalue weighted by molar-refractivity contribution is 0.688. The highest BCUT2D eigenvalue weighted by molar-refractivity contribution is 5.66. The Labute approximate surface area is 108 Å². The lowest BCUT2D eigenvalue weighted by Crippen LogP contribution is -2.15. The Hall–Kier alpha value is -1.67. The molecule has 18 heavy (non-hydrogen) atoms. The highest BCUT2D eigenvalue weighted by Crippen LogP contribution is 2.24. The van der Waals surface area contributed by atoms with Gasteiger partial charge in [-0.3, -0.25) is 4.98 Å². The Morgan fingerprint density at radius 2 is 2.17 bits per heavy atom. The van der Waals surface area contributed by atoms with Crippen molar-refractivity contribution in [2.45, 2.75) is 32.4 Å². The van der Waals surface area contributed by atoms with Crippen LogP contribution in [0.3, 0.4) is 0 Å². The van der Waals surface area contributed by atoms with Crippen LogP contribution in [0.25, 0.3) is 11.1 Å². The minimum Gasteiger partial charge on any atom is -0.310 e. The van der Waals surface area contributed by atoms with Gasteiger partial charge in [-0.05, 0) is 48.6 Å². The molecule has 2 heteroatoms. The molecule has 1 fully saturated rings. The topological polar surface area (TPSA) is 24.9 Å². The number of nitrogens with zero attached hydrogens (tertiary/aromatic N) is 1. The van der Waals surface area contributed by atoms with Crippen molar-refractivity contribution < 1.29 is 0 Å². The summed E-state index contributed by atoms with van der Waals surface area (Å²) in [6.45, 7) is 3.10. The van der Waals surface area contributed by atoms with Crippen LogP contribution in [-0.4, -0.2) is 11.0 Å². The Balaban J connectivity index is 1.83. The van der Waals surface area contributed by atoms with Gasteiger partial charge < -0.3 is 5.32 Å². The summed E-state index contributed by atoms with van der Waals surface area (Å²) in [5.74, 6) is 0. The van der Waals surface area contributed by atoms with Crippen LogP contribution in [0, 0.1) is 6.92 Å². The molecular formula is C16H18N2. The highest BCUT2D eigenvalue weighted by Gasteiger charge is 2.19. The van der Waals surface area contributed by atoms with E-state index >= 15 is 0 Å². The Morgan fingerprint density at radius 1 is 1.28 bits per heavy atom. The zero-order chi connectivity index (χ0) is 12.4. The maximum absolute atomic E-state index is 4.22. The lowest BCUT2D eigenvalue weighted by atomic mass is 10.0. The van der Waals surface area contributed by atoms with Crippen LogP contribution < -0.4 is 5.32 Å². The van der Waals surface area contributed by atoms with Gasteiger partial charge in [-0.2, -0.15) is 0 Å². The van der Waals surface area contributed by atoms with E-state index in [0.29, 0.717) is 0 Å². The van der Waals surface area contributed by atoms with Crippen LogP contribution in [0.4, 0.5) is 0 Å². The molecule has 0 amide bonds. The second-order valence-electron chi connectivity index (χ2n) is 5.05. The molecule has 1 aliphatic rings. The Bertz CT molecular complexity index is 544. The number of rotatable bonds is 4. The summed E-state index contributed by atoms with van der Waals surface area (Å²) in [5.41, 5.74) is 5.11. The van der Waals surface area contributed by atoms with E-state index in [1.165, 1.54) is 35.1 Å². The molecule has 1 saturated carbocycles. The third kappa shape index (κ3) is 2.59.